The maximum absolute atomic E-state index is 13.7. The predicted octanol–water partition coefficient (Wildman–Crippen LogP) is 3.48. The summed E-state index contributed by atoms with van der Waals surface area (Å²) in [7, 11) is -6.68. The van der Waals surface area contributed by atoms with Crippen LogP contribution in [0.2, 0.25) is 0 Å². The Kier molecular flexibility index (Phi) is 7.41. The average Bonchev–Trinajstić information content (AvgIpc) is 2.49. The van der Waals surface area contributed by atoms with Crippen molar-refractivity contribution in [3.05, 3.63) is 12.2 Å². The van der Waals surface area contributed by atoms with Gasteiger partial charge in [-0.05, 0) is 12.8 Å². The predicted molar refractivity (Wildman–Crippen MR) is 73.1 cm³/mol. The van der Waals surface area contributed by atoms with Crippen LogP contribution in [0.3, 0.4) is 0 Å². The molecular weight excluding hydrogens is 425 g/mol. The summed E-state index contributed by atoms with van der Waals surface area (Å²) in [5.74, 6) is -16.2. The van der Waals surface area contributed by atoms with Crippen molar-refractivity contribution < 1.29 is 57.8 Å². The van der Waals surface area contributed by atoms with E-state index in [1.807, 2.05) is 0 Å². The van der Waals surface area contributed by atoms with E-state index in [1.165, 1.54) is 0 Å². The molecule has 0 rings (SSSR count). The second-order valence-corrected chi connectivity index (χ2v) is 7.15. The Morgan fingerprint density at radius 1 is 1.00 bits per heavy atom. The molecule has 0 saturated heterocycles. The van der Waals surface area contributed by atoms with Crippen molar-refractivity contribution in [2.75, 3.05) is 13.1 Å². The van der Waals surface area contributed by atoms with Crippen molar-refractivity contribution in [1.82, 2.24) is 4.31 Å². The number of hydrogen-bond acceptors (Lipinski definition) is 3. The summed E-state index contributed by atoms with van der Waals surface area (Å²) in [5.41, 5.74) is -0.496. The van der Waals surface area contributed by atoms with E-state index in [4.69, 9.17) is 5.11 Å². The number of carbonyl (C=O) groups is 1. The zero-order valence-corrected chi connectivity index (χ0v) is 14.3. The minimum absolute atomic E-state index is 0.442. The Hall–Kier alpha value is -1.51. The number of alkyl halides is 9. The van der Waals surface area contributed by atoms with Crippen LogP contribution in [0.25, 0.3) is 0 Å². The van der Waals surface area contributed by atoms with Crippen molar-refractivity contribution in [3.8, 4) is 0 Å². The van der Waals surface area contributed by atoms with Crippen LogP contribution in [0.5, 0.6) is 0 Å². The molecule has 0 fully saturated rings. The summed E-state index contributed by atoms with van der Waals surface area (Å²) < 4.78 is 139. The van der Waals surface area contributed by atoms with Crippen molar-refractivity contribution in [2.45, 2.75) is 43.0 Å². The van der Waals surface area contributed by atoms with Crippen LogP contribution in [0, 0.1) is 0 Å². The summed E-state index contributed by atoms with van der Waals surface area (Å²) in [5, 5.41) is 1.72. The lowest BCUT2D eigenvalue weighted by atomic mass is 10.1. The highest BCUT2D eigenvalue weighted by molar-refractivity contribution is 7.90. The zero-order chi connectivity index (χ0) is 22.1. The molecular formula is C12H14F9NO4S. The molecule has 0 bridgehead atoms. The monoisotopic (exact) mass is 439 g/mol. The molecule has 0 aromatic heterocycles. The van der Waals surface area contributed by atoms with Gasteiger partial charge in [0.15, 0.2) is 0 Å². The van der Waals surface area contributed by atoms with Gasteiger partial charge in [-0.25, -0.2) is 13.2 Å². The standard InChI is InChI=1S/C12H14F9NO4S/c1-3-22(6-4-5-7(2)8(23)24)27(25,26)12(20,21)10(15,16)9(13,14)11(17,18)19/h2-6H2,1H3,(H,23,24). The number of hydrogen-bond donors (Lipinski definition) is 1. The molecule has 0 spiro atoms. The highest BCUT2D eigenvalue weighted by Crippen LogP contribution is 2.55. The van der Waals surface area contributed by atoms with E-state index >= 15 is 0 Å². The number of halogens is 9. The first-order chi connectivity index (χ1) is 11.8. The molecule has 0 heterocycles. The molecule has 160 valence electrons. The van der Waals surface area contributed by atoms with Crippen molar-refractivity contribution in [3.63, 3.8) is 0 Å². The van der Waals surface area contributed by atoms with E-state index in [0.717, 1.165) is 6.92 Å². The summed E-state index contributed by atoms with van der Waals surface area (Å²) in [4.78, 5) is 10.5. The van der Waals surface area contributed by atoms with Crippen LogP contribution in [-0.2, 0) is 14.8 Å². The lowest BCUT2D eigenvalue weighted by molar-refractivity contribution is -0.382. The normalized spacial score (nSPS) is 14.5. The van der Waals surface area contributed by atoms with Crippen LogP contribution in [0.15, 0.2) is 12.2 Å². The van der Waals surface area contributed by atoms with E-state index in [9.17, 15) is 52.7 Å². The van der Waals surface area contributed by atoms with Crippen LogP contribution < -0.4 is 0 Å². The number of rotatable bonds is 10. The van der Waals surface area contributed by atoms with E-state index in [-0.39, 0.29) is 0 Å². The van der Waals surface area contributed by atoms with Gasteiger partial charge in [-0.1, -0.05) is 13.5 Å². The fourth-order valence-electron chi connectivity index (χ4n) is 1.71. The third kappa shape index (κ3) is 4.50. The van der Waals surface area contributed by atoms with Crippen LogP contribution in [-0.4, -0.2) is 60.2 Å². The summed E-state index contributed by atoms with van der Waals surface area (Å²) in [6.45, 7) is 1.83. The molecule has 27 heavy (non-hydrogen) atoms. The number of carboxylic acid groups (broad SMARTS) is 1. The fraction of sp³-hybridized carbons (Fsp3) is 0.750. The molecule has 15 heteroatoms. The van der Waals surface area contributed by atoms with Crippen LogP contribution >= 0.6 is 0 Å². The number of carboxylic acids is 1. The molecule has 0 aliphatic carbocycles. The van der Waals surface area contributed by atoms with Gasteiger partial charge in [0.1, 0.15) is 0 Å². The maximum atomic E-state index is 13.7. The number of aliphatic carboxylic acids is 1. The lowest BCUT2D eigenvalue weighted by Crippen LogP contribution is -2.65. The number of nitrogens with zero attached hydrogens (tertiary/aromatic N) is 1. The first-order valence-corrected chi connectivity index (χ1v) is 8.34. The molecule has 0 aliphatic heterocycles. The first-order valence-electron chi connectivity index (χ1n) is 6.90. The van der Waals surface area contributed by atoms with Crippen LogP contribution in [0.1, 0.15) is 19.8 Å². The molecule has 0 atom stereocenters. The Morgan fingerprint density at radius 3 is 1.78 bits per heavy atom. The summed E-state index contributed by atoms with van der Waals surface area (Å²) in [6.07, 6.45) is -8.18. The third-order valence-electron chi connectivity index (χ3n) is 3.32. The second kappa shape index (κ2) is 7.85. The Balaban J connectivity index is 5.79. The van der Waals surface area contributed by atoms with Crippen molar-refractivity contribution >= 4 is 16.0 Å². The zero-order valence-electron chi connectivity index (χ0n) is 13.5. The van der Waals surface area contributed by atoms with Gasteiger partial charge in [0.05, 0.1) is 0 Å². The summed E-state index contributed by atoms with van der Waals surface area (Å²) in [6, 6.07) is 0. The topological polar surface area (TPSA) is 74.7 Å². The highest BCUT2D eigenvalue weighted by Gasteiger charge is 2.85. The van der Waals surface area contributed by atoms with Gasteiger partial charge in [0.2, 0.25) is 0 Å². The smallest absolute Gasteiger partial charge is 0.460 e. The van der Waals surface area contributed by atoms with Gasteiger partial charge in [0.25, 0.3) is 10.0 Å². The van der Waals surface area contributed by atoms with Gasteiger partial charge in [-0.3, -0.25) is 0 Å². The highest BCUT2D eigenvalue weighted by atomic mass is 32.2. The van der Waals surface area contributed by atoms with Gasteiger partial charge in [-0.15, -0.1) is 0 Å². The minimum Gasteiger partial charge on any atom is -0.478 e. The van der Waals surface area contributed by atoms with Crippen LogP contribution in [0.4, 0.5) is 39.5 Å². The molecule has 0 saturated carbocycles. The maximum Gasteiger partial charge on any atom is 0.460 e. The molecule has 0 aromatic carbocycles. The van der Waals surface area contributed by atoms with E-state index in [0.29, 0.717) is 0 Å². The van der Waals surface area contributed by atoms with Gasteiger partial charge in [0, 0.05) is 18.7 Å². The molecule has 0 radical (unpaired) electrons. The van der Waals surface area contributed by atoms with Gasteiger partial charge in [-0.2, -0.15) is 43.8 Å². The Labute approximate surface area is 147 Å². The van der Waals surface area contributed by atoms with E-state index in [2.05, 4.69) is 6.58 Å². The molecule has 5 nitrogen and oxygen atoms in total. The molecule has 0 amide bonds. The molecule has 1 N–H and O–H groups in total. The largest absolute Gasteiger partial charge is 0.478 e. The Morgan fingerprint density at radius 2 is 1.44 bits per heavy atom. The van der Waals surface area contributed by atoms with Gasteiger partial charge >= 0.3 is 29.2 Å². The third-order valence-corrected chi connectivity index (χ3v) is 5.35. The first kappa shape index (κ1) is 25.5. The quantitative estimate of drug-likeness (QED) is 0.418. The molecule has 0 aromatic rings. The summed E-state index contributed by atoms with van der Waals surface area (Å²) >= 11 is 0. The minimum atomic E-state index is -7.34. The van der Waals surface area contributed by atoms with E-state index < -0.39 is 75.1 Å². The van der Waals surface area contributed by atoms with Gasteiger partial charge < -0.3 is 5.11 Å². The second-order valence-electron chi connectivity index (χ2n) is 5.17. The number of sulfonamides is 1. The fourth-order valence-corrected chi connectivity index (χ4v) is 3.19. The molecule has 0 aliphatic rings. The van der Waals surface area contributed by atoms with Crippen molar-refractivity contribution in [2.24, 2.45) is 0 Å². The average molecular weight is 439 g/mol. The van der Waals surface area contributed by atoms with E-state index in [1.54, 1.807) is 0 Å². The Bertz CT molecular complexity index is 673. The van der Waals surface area contributed by atoms with Crippen molar-refractivity contribution in [1.29, 1.82) is 0 Å². The SMILES string of the molecule is C=C(CCCN(CC)S(=O)(=O)C(F)(F)C(F)(F)C(F)(F)C(F)(F)F)C(=O)O. The molecule has 0 unspecified atom stereocenters. The lowest BCUT2D eigenvalue weighted by Gasteiger charge is -2.35.